The lowest BCUT2D eigenvalue weighted by Crippen LogP contribution is -2.42. The molecule has 0 radical (unpaired) electrons. The van der Waals surface area contributed by atoms with Crippen molar-refractivity contribution in [1.29, 1.82) is 0 Å². The SMILES string of the molecule is C=CCN1C(=O)C(C)(C)COc2cc(NC(=O)NCCCc3ccccc3)ccc21. The molecule has 0 saturated carbocycles. The number of anilines is 2. The van der Waals surface area contributed by atoms with Crippen LogP contribution < -0.4 is 20.3 Å². The second-order valence-corrected chi connectivity index (χ2v) is 8.03. The zero-order valence-electron chi connectivity index (χ0n) is 17.6. The van der Waals surface area contributed by atoms with Crippen molar-refractivity contribution in [1.82, 2.24) is 5.32 Å². The molecule has 6 heteroatoms. The van der Waals surface area contributed by atoms with Crippen LogP contribution in [-0.4, -0.2) is 31.6 Å². The standard InChI is InChI=1S/C24H29N3O3/c1-4-15-27-20-13-12-19(16-21(20)30-17-24(2,3)22(27)28)26-23(29)25-14-8-11-18-9-6-5-7-10-18/h4-7,9-10,12-13,16H,1,8,11,14-15,17H2,2-3H3,(H2,25,26,29). The third-order valence-electron chi connectivity index (χ3n) is 5.00. The van der Waals surface area contributed by atoms with Crippen LogP contribution in [0.3, 0.4) is 0 Å². The number of urea groups is 1. The smallest absolute Gasteiger partial charge is 0.319 e. The van der Waals surface area contributed by atoms with Crippen LogP contribution >= 0.6 is 0 Å². The average Bonchev–Trinajstić information content (AvgIpc) is 2.82. The van der Waals surface area contributed by atoms with Gasteiger partial charge in [-0.3, -0.25) is 4.79 Å². The summed E-state index contributed by atoms with van der Waals surface area (Å²) in [5.74, 6) is 0.552. The van der Waals surface area contributed by atoms with Gasteiger partial charge in [-0.15, -0.1) is 6.58 Å². The first-order valence-electron chi connectivity index (χ1n) is 10.2. The fraction of sp³-hybridized carbons (Fsp3) is 0.333. The number of fused-ring (bicyclic) bond motifs is 1. The largest absolute Gasteiger partial charge is 0.490 e. The van der Waals surface area contributed by atoms with Crippen LogP contribution in [0.5, 0.6) is 5.75 Å². The van der Waals surface area contributed by atoms with Crippen molar-refractivity contribution in [3.8, 4) is 5.75 Å². The molecule has 2 aromatic rings. The first-order valence-corrected chi connectivity index (χ1v) is 10.2. The summed E-state index contributed by atoms with van der Waals surface area (Å²) in [6.45, 7) is 8.72. The van der Waals surface area contributed by atoms with E-state index in [0.29, 0.717) is 30.2 Å². The monoisotopic (exact) mass is 407 g/mol. The molecule has 0 spiro atoms. The van der Waals surface area contributed by atoms with Crippen molar-refractivity contribution in [2.45, 2.75) is 26.7 Å². The van der Waals surface area contributed by atoms with Gasteiger partial charge in [-0.2, -0.15) is 0 Å². The zero-order chi connectivity index (χ0) is 21.6. The van der Waals surface area contributed by atoms with Gasteiger partial charge >= 0.3 is 6.03 Å². The van der Waals surface area contributed by atoms with E-state index in [9.17, 15) is 9.59 Å². The second kappa shape index (κ2) is 9.48. The summed E-state index contributed by atoms with van der Waals surface area (Å²) < 4.78 is 5.91. The first kappa shape index (κ1) is 21.4. The van der Waals surface area contributed by atoms with E-state index in [1.807, 2.05) is 32.0 Å². The first-order chi connectivity index (χ1) is 14.4. The van der Waals surface area contributed by atoms with Crippen molar-refractivity contribution in [3.05, 3.63) is 66.7 Å². The van der Waals surface area contributed by atoms with Crippen LogP contribution in [0.25, 0.3) is 0 Å². The molecule has 0 atom stereocenters. The lowest BCUT2D eigenvalue weighted by Gasteiger charge is -2.27. The van der Waals surface area contributed by atoms with Gasteiger partial charge in [0, 0.05) is 24.8 Å². The number of amides is 3. The average molecular weight is 408 g/mol. The fourth-order valence-corrected chi connectivity index (χ4v) is 3.35. The Bertz CT molecular complexity index is 909. The lowest BCUT2D eigenvalue weighted by atomic mass is 9.93. The molecule has 2 N–H and O–H groups in total. The number of carbonyl (C=O) groups is 2. The number of hydrogen-bond acceptors (Lipinski definition) is 3. The van der Waals surface area contributed by atoms with Crippen LogP contribution in [0.1, 0.15) is 25.8 Å². The minimum Gasteiger partial charge on any atom is -0.490 e. The molecule has 2 aromatic carbocycles. The van der Waals surface area contributed by atoms with E-state index < -0.39 is 5.41 Å². The molecule has 6 nitrogen and oxygen atoms in total. The van der Waals surface area contributed by atoms with Crippen molar-refractivity contribution >= 4 is 23.3 Å². The molecule has 158 valence electrons. The minimum absolute atomic E-state index is 0.0157. The van der Waals surface area contributed by atoms with E-state index in [-0.39, 0.29) is 18.5 Å². The number of rotatable bonds is 7. The molecule has 0 bridgehead atoms. The maximum absolute atomic E-state index is 12.9. The number of benzene rings is 2. The summed E-state index contributed by atoms with van der Waals surface area (Å²) in [5, 5.41) is 5.71. The van der Waals surface area contributed by atoms with Crippen LogP contribution in [0.15, 0.2) is 61.2 Å². The van der Waals surface area contributed by atoms with Crippen LogP contribution in [0.2, 0.25) is 0 Å². The van der Waals surface area contributed by atoms with E-state index >= 15 is 0 Å². The highest BCUT2D eigenvalue weighted by Gasteiger charge is 2.37. The van der Waals surface area contributed by atoms with E-state index in [0.717, 1.165) is 12.8 Å². The molecular weight excluding hydrogens is 378 g/mol. The molecule has 0 saturated heterocycles. The molecule has 1 aliphatic rings. The minimum atomic E-state index is -0.647. The Balaban J connectivity index is 1.60. The van der Waals surface area contributed by atoms with Gasteiger partial charge in [-0.25, -0.2) is 4.79 Å². The number of nitrogens with zero attached hydrogens (tertiary/aromatic N) is 1. The number of aryl methyl sites for hydroxylation is 1. The topological polar surface area (TPSA) is 70.7 Å². The molecule has 0 unspecified atom stereocenters. The number of hydrogen-bond donors (Lipinski definition) is 2. The highest BCUT2D eigenvalue weighted by Crippen LogP contribution is 2.38. The van der Waals surface area contributed by atoms with Gasteiger partial charge in [0.15, 0.2) is 0 Å². The molecule has 30 heavy (non-hydrogen) atoms. The van der Waals surface area contributed by atoms with Crippen LogP contribution in [0, 0.1) is 5.41 Å². The van der Waals surface area contributed by atoms with Gasteiger partial charge in [-0.1, -0.05) is 36.4 Å². The summed E-state index contributed by atoms with van der Waals surface area (Å²) in [5.41, 5.74) is 1.90. The predicted octanol–water partition coefficient (Wildman–Crippen LogP) is 4.38. The highest BCUT2D eigenvalue weighted by molar-refractivity contribution is 6.00. The Kier molecular flexibility index (Phi) is 6.77. The zero-order valence-corrected chi connectivity index (χ0v) is 17.6. The second-order valence-electron chi connectivity index (χ2n) is 8.03. The number of carbonyl (C=O) groups excluding carboxylic acids is 2. The molecule has 0 aromatic heterocycles. The third-order valence-corrected chi connectivity index (χ3v) is 5.00. The summed E-state index contributed by atoms with van der Waals surface area (Å²) in [6.07, 6.45) is 3.47. The molecular formula is C24H29N3O3. The maximum atomic E-state index is 12.9. The Hall–Kier alpha value is -3.28. The van der Waals surface area contributed by atoms with Crippen LogP contribution in [-0.2, 0) is 11.2 Å². The molecule has 3 rings (SSSR count). The number of ether oxygens (including phenoxy) is 1. The molecule has 0 aliphatic carbocycles. The Morgan fingerprint density at radius 1 is 1.23 bits per heavy atom. The van der Waals surface area contributed by atoms with Gasteiger partial charge in [0.25, 0.3) is 0 Å². The number of nitrogens with one attached hydrogen (secondary N) is 2. The normalized spacial score (nSPS) is 14.9. The summed E-state index contributed by atoms with van der Waals surface area (Å²) in [7, 11) is 0. The van der Waals surface area contributed by atoms with Crippen molar-refractivity contribution in [3.63, 3.8) is 0 Å². The lowest BCUT2D eigenvalue weighted by molar-refractivity contribution is -0.127. The highest BCUT2D eigenvalue weighted by atomic mass is 16.5. The van der Waals surface area contributed by atoms with Gasteiger partial charge < -0.3 is 20.3 Å². The van der Waals surface area contributed by atoms with E-state index in [2.05, 4.69) is 29.3 Å². The maximum Gasteiger partial charge on any atom is 0.319 e. The molecule has 3 amide bonds. The Morgan fingerprint density at radius 3 is 2.73 bits per heavy atom. The summed E-state index contributed by atoms with van der Waals surface area (Å²) in [6, 6.07) is 15.2. The van der Waals surface area contributed by atoms with Gasteiger partial charge in [0.1, 0.15) is 12.4 Å². The summed E-state index contributed by atoms with van der Waals surface area (Å²) in [4.78, 5) is 26.8. The van der Waals surface area contributed by atoms with Gasteiger partial charge in [0.05, 0.1) is 11.1 Å². The van der Waals surface area contributed by atoms with E-state index in [1.165, 1.54) is 5.56 Å². The quantitative estimate of drug-likeness (QED) is 0.529. The van der Waals surface area contributed by atoms with Crippen molar-refractivity contribution in [2.75, 3.05) is 29.9 Å². The molecule has 0 fully saturated rings. The summed E-state index contributed by atoms with van der Waals surface area (Å²) >= 11 is 0. The Morgan fingerprint density at radius 2 is 2.00 bits per heavy atom. The molecule has 1 aliphatic heterocycles. The third kappa shape index (κ3) is 5.20. The van der Waals surface area contributed by atoms with E-state index in [1.54, 1.807) is 29.2 Å². The van der Waals surface area contributed by atoms with Crippen LogP contribution in [0.4, 0.5) is 16.2 Å². The molecule has 1 heterocycles. The Labute approximate surface area is 177 Å². The van der Waals surface area contributed by atoms with E-state index in [4.69, 9.17) is 4.74 Å². The van der Waals surface area contributed by atoms with Crippen molar-refractivity contribution < 1.29 is 14.3 Å². The van der Waals surface area contributed by atoms with Gasteiger partial charge in [-0.05, 0) is 44.4 Å². The van der Waals surface area contributed by atoms with Gasteiger partial charge in [0.2, 0.25) is 5.91 Å². The predicted molar refractivity (Wildman–Crippen MR) is 120 cm³/mol. The fourth-order valence-electron chi connectivity index (χ4n) is 3.35. The van der Waals surface area contributed by atoms with Crippen molar-refractivity contribution in [2.24, 2.45) is 5.41 Å².